The highest BCUT2D eigenvalue weighted by molar-refractivity contribution is 5.76. The lowest BCUT2D eigenvalue weighted by Gasteiger charge is -2.26. The molecule has 4 nitrogen and oxygen atoms in total. The first kappa shape index (κ1) is 8.41. The Morgan fingerprint density at radius 1 is 1.31 bits per heavy atom. The van der Waals surface area contributed by atoms with Gasteiger partial charge in [-0.15, -0.1) is 0 Å². The van der Waals surface area contributed by atoms with Crippen LogP contribution < -0.4 is 0 Å². The van der Waals surface area contributed by atoms with Gasteiger partial charge in [0.25, 0.3) is 0 Å². The van der Waals surface area contributed by atoms with Crippen LogP contribution in [-0.2, 0) is 9.47 Å². The molecule has 2 heterocycles. The molecular formula is C9H13NO3. The summed E-state index contributed by atoms with van der Waals surface area (Å²) >= 11 is 0. The van der Waals surface area contributed by atoms with Crippen molar-refractivity contribution in [1.82, 2.24) is 4.90 Å². The molecule has 0 unspecified atom stereocenters. The number of hydrogen-bond donors (Lipinski definition) is 0. The number of nitrogens with zero attached hydrogens (tertiary/aromatic N) is 1. The van der Waals surface area contributed by atoms with E-state index in [-0.39, 0.29) is 6.09 Å². The zero-order valence-corrected chi connectivity index (χ0v) is 8.25. The van der Waals surface area contributed by atoms with Crippen molar-refractivity contribution in [3.05, 3.63) is 12.0 Å². The number of carbonyl (C=O) groups is 1. The maximum absolute atomic E-state index is 11.5. The molecule has 1 amide bonds. The summed E-state index contributed by atoms with van der Waals surface area (Å²) in [5.74, 6) is 0. The minimum absolute atomic E-state index is 0.334. The summed E-state index contributed by atoms with van der Waals surface area (Å²) in [6.07, 6.45) is 1.27. The first-order chi connectivity index (χ1) is 5.84. The molecule has 1 fully saturated rings. The summed E-state index contributed by atoms with van der Waals surface area (Å²) < 4.78 is 10.6. The second-order valence-corrected chi connectivity index (χ2v) is 4.28. The lowest BCUT2D eigenvalue weighted by Crippen LogP contribution is -2.40. The van der Waals surface area contributed by atoms with E-state index in [2.05, 4.69) is 0 Å². The van der Waals surface area contributed by atoms with Gasteiger partial charge in [-0.3, -0.25) is 0 Å². The second kappa shape index (κ2) is 2.00. The van der Waals surface area contributed by atoms with Crippen LogP contribution in [0.3, 0.4) is 0 Å². The Kier molecular flexibility index (Phi) is 1.29. The van der Waals surface area contributed by atoms with E-state index in [0.29, 0.717) is 0 Å². The lowest BCUT2D eigenvalue weighted by atomic mass is 10.1. The van der Waals surface area contributed by atoms with Gasteiger partial charge in [-0.2, -0.15) is 0 Å². The number of fused-ring (bicyclic) bond motifs is 1. The molecule has 0 aromatic rings. The van der Waals surface area contributed by atoms with Crippen molar-refractivity contribution in [2.24, 2.45) is 0 Å². The van der Waals surface area contributed by atoms with Gasteiger partial charge in [-0.1, -0.05) is 0 Å². The summed E-state index contributed by atoms with van der Waals surface area (Å²) in [6.45, 7) is 7.36. The molecule has 2 aliphatic heterocycles. The van der Waals surface area contributed by atoms with E-state index in [9.17, 15) is 4.79 Å². The molecule has 0 aliphatic carbocycles. The largest absolute Gasteiger partial charge is 0.474 e. The maximum Gasteiger partial charge on any atom is 0.418 e. The van der Waals surface area contributed by atoms with Gasteiger partial charge in [0.15, 0.2) is 11.3 Å². The molecule has 13 heavy (non-hydrogen) atoms. The van der Waals surface area contributed by atoms with Gasteiger partial charge in [0, 0.05) is 0 Å². The Morgan fingerprint density at radius 2 is 1.92 bits per heavy atom. The topological polar surface area (TPSA) is 38.8 Å². The van der Waals surface area contributed by atoms with Crippen LogP contribution in [-0.4, -0.2) is 22.3 Å². The number of hydrogen-bond acceptors (Lipinski definition) is 3. The quantitative estimate of drug-likeness (QED) is 0.575. The van der Waals surface area contributed by atoms with Crippen molar-refractivity contribution < 1.29 is 14.3 Å². The van der Waals surface area contributed by atoms with Gasteiger partial charge >= 0.3 is 6.09 Å². The van der Waals surface area contributed by atoms with Crippen molar-refractivity contribution in [3.63, 3.8) is 0 Å². The van der Waals surface area contributed by atoms with E-state index in [1.165, 1.54) is 0 Å². The fourth-order valence-electron chi connectivity index (χ4n) is 1.64. The van der Waals surface area contributed by atoms with Crippen LogP contribution in [0.25, 0.3) is 0 Å². The van der Waals surface area contributed by atoms with Crippen molar-refractivity contribution >= 4 is 6.09 Å². The van der Waals surface area contributed by atoms with Crippen LogP contribution in [0.2, 0.25) is 0 Å². The highest BCUT2D eigenvalue weighted by Gasteiger charge is 2.53. The highest BCUT2D eigenvalue weighted by atomic mass is 16.6. The van der Waals surface area contributed by atoms with Crippen LogP contribution in [0.15, 0.2) is 12.0 Å². The molecule has 2 aliphatic rings. The minimum Gasteiger partial charge on any atom is -0.474 e. The first-order valence-corrected chi connectivity index (χ1v) is 4.26. The Bertz CT molecular complexity index is 304. The zero-order chi connectivity index (χ0) is 9.85. The second-order valence-electron chi connectivity index (χ2n) is 4.28. The molecule has 0 saturated carbocycles. The number of carbonyl (C=O) groups excluding carboxylic acids is 1. The molecule has 0 radical (unpaired) electrons. The summed E-state index contributed by atoms with van der Waals surface area (Å²) in [6, 6.07) is 0. The first-order valence-electron chi connectivity index (χ1n) is 4.26. The lowest BCUT2D eigenvalue weighted by molar-refractivity contribution is -0.0177. The third kappa shape index (κ3) is 0.944. The van der Waals surface area contributed by atoms with E-state index in [4.69, 9.17) is 9.47 Å². The predicted octanol–water partition coefficient (Wildman–Crippen LogP) is 1.82. The molecule has 0 bridgehead atoms. The summed E-state index contributed by atoms with van der Waals surface area (Å²) in [7, 11) is 0. The fourth-order valence-corrected chi connectivity index (χ4v) is 1.64. The Balaban J connectivity index is 2.44. The summed E-state index contributed by atoms with van der Waals surface area (Å²) in [5.41, 5.74) is -0.382. The van der Waals surface area contributed by atoms with Crippen LogP contribution >= 0.6 is 0 Å². The average Bonchev–Trinajstić information content (AvgIpc) is 2.34. The van der Waals surface area contributed by atoms with E-state index < -0.39 is 11.3 Å². The highest BCUT2D eigenvalue weighted by Crippen LogP contribution is 2.42. The number of ether oxygens (including phenoxy) is 2. The molecule has 2 rings (SSSR count). The molecule has 0 aromatic carbocycles. The van der Waals surface area contributed by atoms with Crippen molar-refractivity contribution in [2.75, 3.05) is 0 Å². The molecule has 0 aromatic heterocycles. The van der Waals surface area contributed by atoms with Gasteiger partial charge < -0.3 is 9.47 Å². The molecule has 72 valence electrons. The Labute approximate surface area is 77.1 Å². The van der Waals surface area contributed by atoms with Crippen LogP contribution in [0, 0.1) is 0 Å². The molecule has 0 spiro atoms. The number of cyclic esters (lactones) is 1. The SMILES string of the molecule is CC1(C)OC(=O)N2C1=COC2(C)C. The summed E-state index contributed by atoms with van der Waals surface area (Å²) in [4.78, 5) is 13.0. The number of amides is 1. The van der Waals surface area contributed by atoms with Crippen molar-refractivity contribution in [2.45, 2.75) is 39.0 Å². The van der Waals surface area contributed by atoms with Gasteiger partial charge in [0.2, 0.25) is 0 Å². The molecule has 4 heteroatoms. The van der Waals surface area contributed by atoms with Crippen LogP contribution in [0.4, 0.5) is 4.79 Å². The average molecular weight is 183 g/mol. The van der Waals surface area contributed by atoms with E-state index in [1.807, 2.05) is 27.7 Å². The van der Waals surface area contributed by atoms with E-state index in [0.717, 1.165) is 5.70 Å². The molecular weight excluding hydrogens is 170 g/mol. The normalized spacial score (nSPS) is 27.8. The number of rotatable bonds is 0. The van der Waals surface area contributed by atoms with Gasteiger partial charge in [-0.25, -0.2) is 9.69 Å². The van der Waals surface area contributed by atoms with Crippen LogP contribution in [0.1, 0.15) is 27.7 Å². The van der Waals surface area contributed by atoms with Gasteiger partial charge in [0.05, 0.1) is 0 Å². The Morgan fingerprint density at radius 3 is 2.46 bits per heavy atom. The van der Waals surface area contributed by atoms with Gasteiger partial charge in [-0.05, 0) is 27.7 Å². The fraction of sp³-hybridized carbons (Fsp3) is 0.667. The van der Waals surface area contributed by atoms with E-state index >= 15 is 0 Å². The maximum atomic E-state index is 11.5. The van der Waals surface area contributed by atoms with Crippen molar-refractivity contribution in [3.8, 4) is 0 Å². The summed E-state index contributed by atoms with van der Waals surface area (Å²) in [5, 5.41) is 0. The van der Waals surface area contributed by atoms with Crippen molar-refractivity contribution in [1.29, 1.82) is 0 Å². The molecule has 0 N–H and O–H groups in total. The monoisotopic (exact) mass is 183 g/mol. The minimum atomic E-state index is -0.611. The van der Waals surface area contributed by atoms with E-state index in [1.54, 1.807) is 11.2 Å². The van der Waals surface area contributed by atoms with Crippen LogP contribution in [0.5, 0.6) is 0 Å². The predicted molar refractivity (Wildman–Crippen MR) is 45.6 cm³/mol. The standard InChI is InChI=1S/C9H13NO3/c1-8(2)6-5-12-9(3,4)10(6)7(11)13-8/h5H,1-4H3. The zero-order valence-electron chi connectivity index (χ0n) is 8.25. The molecule has 1 saturated heterocycles. The third-order valence-corrected chi connectivity index (χ3v) is 2.38. The Hall–Kier alpha value is -1.19. The molecule has 0 atom stereocenters. The smallest absolute Gasteiger partial charge is 0.418 e. The van der Waals surface area contributed by atoms with Gasteiger partial charge in [0.1, 0.15) is 12.0 Å². The third-order valence-electron chi connectivity index (χ3n) is 2.38.